The van der Waals surface area contributed by atoms with Crippen molar-refractivity contribution >= 4 is 17.8 Å². The van der Waals surface area contributed by atoms with Gasteiger partial charge in [0, 0.05) is 14.1 Å². The van der Waals surface area contributed by atoms with Gasteiger partial charge in [0.2, 0.25) is 6.41 Å². The second-order valence-electron chi connectivity index (χ2n) is 1.30. The van der Waals surface area contributed by atoms with E-state index in [1.54, 1.807) is 14.1 Å². The Kier molecular flexibility index (Phi) is 20.6. The van der Waals surface area contributed by atoms with Gasteiger partial charge in [0.15, 0.2) is 0 Å². The van der Waals surface area contributed by atoms with Gasteiger partial charge in [0.1, 0.15) is 0 Å². The van der Waals surface area contributed by atoms with E-state index in [-0.39, 0.29) is 31.0 Å². The Hall–Kier alpha value is 0.540. The number of nitrogens with zero attached hydrogens (tertiary/aromatic N) is 1. The van der Waals surface area contributed by atoms with Crippen LogP contribution in [-0.4, -0.2) is 38.7 Å². The van der Waals surface area contributed by atoms with Gasteiger partial charge in [-0.25, -0.2) is 0 Å². The first-order valence-electron chi connectivity index (χ1n) is 1.92. The molecule has 0 spiro atoms. The van der Waals surface area contributed by atoms with Crippen molar-refractivity contribution in [1.82, 2.24) is 4.90 Å². The molecule has 0 bridgehead atoms. The first-order valence-corrected chi connectivity index (χ1v) is 2.98. The van der Waals surface area contributed by atoms with Crippen molar-refractivity contribution in [2.75, 3.05) is 14.1 Å². The fraction of sp³-hybridized carbons (Fsp3) is 0.667. The van der Waals surface area contributed by atoms with Crippen LogP contribution in [0.5, 0.6) is 0 Å². The maximum atomic E-state index is 9.43. The molecule has 5 nitrogen and oxygen atoms in total. The third kappa shape index (κ3) is 75.3. The molecule has 0 radical (unpaired) electrons. The van der Waals surface area contributed by atoms with E-state index in [1.807, 2.05) is 0 Å². The first-order chi connectivity index (χ1) is 4.00. The molecule has 10 heavy (non-hydrogen) atoms. The monoisotopic (exact) mass is 179 g/mol. The molecular formula is C3H10NNaO4S. The van der Waals surface area contributed by atoms with E-state index in [1.165, 1.54) is 4.90 Å². The molecule has 0 aliphatic heterocycles. The van der Waals surface area contributed by atoms with Crippen LogP contribution < -0.4 is 29.6 Å². The first kappa shape index (κ1) is 16.9. The Balaban J connectivity index is -0.0000000383. The summed E-state index contributed by atoms with van der Waals surface area (Å²) >= 11 is -2.61. The molecule has 0 aliphatic rings. The molecule has 0 aromatic heterocycles. The van der Waals surface area contributed by atoms with Gasteiger partial charge in [-0.15, -0.1) is 0 Å². The van der Waals surface area contributed by atoms with Crippen LogP contribution in [-0.2, 0) is 16.2 Å². The van der Waals surface area contributed by atoms with Crippen LogP contribution in [0.3, 0.4) is 0 Å². The van der Waals surface area contributed by atoms with Crippen LogP contribution in [0.2, 0.25) is 0 Å². The van der Waals surface area contributed by atoms with Crippen LogP contribution in [0.4, 0.5) is 0 Å². The summed E-state index contributed by atoms with van der Waals surface area (Å²) in [6.45, 7) is 0. The zero-order valence-corrected chi connectivity index (χ0v) is 8.96. The van der Waals surface area contributed by atoms with Gasteiger partial charge >= 0.3 is 29.6 Å². The summed E-state index contributed by atoms with van der Waals surface area (Å²) < 4.78 is 22.8. The largest absolute Gasteiger partial charge is 1.00 e. The van der Waals surface area contributed by atoms with Gasteiger partial charge in [0.25, 0.3) is 11.4 Å². The molecule has 7 heteroatoms. The van der Waals surface area contributed by atoms with Crippen molar-refractivity contribution in [1.29, 1.82) is 0 Å². The molecule has 0 aromatic carbocycles. The fourth-order valence-electron chi connectivity index (χ4n) is 0. The maximum Gasteiger partial charge on any atom is 1.00 e. The van der Waals surface area contributed by atoms with Crippen molar-refractivity contribution in [3.63, 3.8) is 0 Å². The van der Waals surface area contributed by atoms with Crippen LogP contribution in [0, 0.1) is 0 Å². The Labute approximate surface area is 85.7 Å². The average molecular weight is 179 g/mol. The molecule has 0 saturated carbocycles. The zero-order valence-electron chi connectivity index (χ0n) is 7.14. The van der Waals surface area contributed by atoms with Crippen LogP contribution in [0.1, 0.15) is 1.43 Å². The van der Waals surface area contributed by atoms with Crippen LogP contribution >= 0.6 is 0 Å². The maximum absolute atomic E-state index is 9.43. The van der Waals surface area contributed by atoms with Crippen molar-refractivity contribution in [3.8, 4) is 0 Å². The van der Waals surface area contributed by atoms with Gasteiger partial charge < -0.3 is 6.33 Å². The Morgan fingerprint density at radius 2 is 1.60 bits per heavy atom. The molecule has 58 valence electrons. The summed E-state index contributed by atoms with van der Waals surface area (Å²) in [5.74, 6) is 0. The summed E-state index contributed by atoms with van der Waals surface area (Å²) in [6.07, 6.45) is 0.750. The van der Waals surface area contributed by atoms with E-state index in [0.29, 0.717) is 0 Å². The van der Waals surface area contributed by atoms with Crippen LogP contribution in [0.15, 0.2) is 0 Å². The summed E-state index contributed by atoms with van der Waals surface area (Å²) in [4.78, 5) is 10.9. The number of rotatable bonds is 1. The SMILES string of the molecule is CN(C)C=O.O=S(O)O.[H-].[Na+]. The molecule has 0 rings (SSSR count). The molecule has 1 amide bonds. The average Bonchev–Trinajstić information content (AvgIpc) is 1.65. The van der Waals surface area contributed by atoms with Gasteiger partial charge in [-0.3, -0.25) is 13.9 Å². The van der Waals surface area contributed by atoms with Gasteiger partial charge in [0.05, 0.1) is 0 Å². The minimum atomic E-state index is -2.61. The number of carbonyl (C=O) groups is 1. The number of hydrogen-bond donors (Lipinski definition) is 2. The molecule has 0 heterocycles. The molecular weight excluding hydrogens is 169 g/mol. The zero-order chi connectivity index (χ0) is 7.86. The standard InChI is InChI=1S/C3H7NO.Na.H2O3S.H/c1-4(2)3-5;;1-4(2)3;/h3H,1-2H3;;(H2,1,2,3);/q;+1;;-1. The predicted molar refractivity (Wildman–Crippen MR) is 34.3 cm³/mol. The smallest absolute Gasteiger partial charge is 1.00 e. The summed E-state index contributed by atoms with van der Waals surface area (Å²) in [5, 5.41) is 0. The fourth-order valence-corrected chi connectivity index (χ4v) is 0. The minimum absolute atomic E-state index is 0. The van der Waals surface area contributed by atoms with Crippen molar-refractivity contribution in [2.45, 2.75) is 0 Å². The molecule has 2 N–H and O–H groups in total. The van der Waals surface area contributed by atoms with E-state index < -0.39 is 11.4 Å². The van der Waals surface area contributed by atoms with Crippen LogP contribution in [0.25, 0.3) is 0 Å². The molecule has 0 aliphatic carbocycles. The van der Waals surface area contributed by atoms with E-state index in [0.717, 1.165) is 6.41 Å². The van der Waals surface area contributed by atoms with E-state index in [4.69, 9.17) is 13.3 Å². The van der Waals surface area contributed by atoms with Crippen molar-refractivity contribution in [3.05, 3.63) is 0 Å². The number of amides is 1. The number of hydrogen-bond acceptors (Lipinski definition) is 2. The van der Waals surface area contributed by atoms with E-state index >= 15 is 0 Å². The second kappa shape index (κ2) is 12.2. The van der Waals surface area contributed by atoms with Gasteiger partial charge in [-0.2, -0.15) is 4.21 Å². The minimum Gasteiger partial charge on any atom is -1.00 e. The number of carbonyl (C=O) groups excluding carboxylic acids is 1. The predicted octanol–water partition coefficient (Wildman–Crippen LogP) is -3.50. The molecule has 0 aromatic rings. The molecule has 0 fully saturated rings. The normalized spacial score (nSPS) is 6.90. The van der Waals surface area contributed by atoms with Gasteiger partial charge in [-0.1, -0.05) is 0 Å². The molecule has 0 atom stereocenters. The summed E-state index contributed by atoms with van der Waals surface area (Å²) in [6, 6.07) is 0. The quantitative estimate of drug-likeness (QED) is 0.249. The van der Waals surface area contributed by atoms with E-state index in [2.05, 4.69) is 0 Å². The van der Waals surface area contributed by atoms with Crippen molar-refractivity contribution < 1.29 is 49.1 Å². The van der Waals surface area contributed by atoms with Crippen molar-refractivity contribution in [2.24, 2.45) is 0 Å². The molecule has 0 saturated heterocycles. The Morgan fingerprint density at radius 1 is 1.50 bits per heavy atom. The Bertz CT molecular complexity index is 99.3. The third-order valence-electron chi connectivity index (χ3n) is 0.211. The second-order valence-corrected chi connectivity index (χ2v) is 1.76. The summed E-state index contributed by atoms with van der Waals surface area (Å²) in [5.41, 5.74) is 0. The van der Waals surface area contributed by atoms with Gasteiger partial charge in [-0.05, 0) is 0 Å². The third-order valence-corrected chi connectivity index (χ3v) is 0.211. The Morgan fingerprint density at radius 3 is 1.60 bits per heavy atom. The molecule has 0 unspecified atom stereocenters. The van der Waals surface area contributed by atoms with E-state index in [9.17, 15) is 4.79 Å². The summed E-state index contributed by atoms with van der Waals surface area (Å²) in [7, 11) is 3.38. The topological polar surface area (TPSA) is 77.8 Å².